The second-order valence-electron chi connectivity index (χ2n) is 2.54. The molecule has 0 fully saturated rings. The highest BCUT2D eigenvalue weighted by atomic mass is 35.5. The molecule has 14 heavy (non-hydrogen) atoms. The molecule has 78 valence electrons. The third-order valence-electron chi connectivity index (χ3n) is 1.71. The summed E-state index contributed by atoms with van der Waals surface area (Å²) in [7, 11) is 0. The van der Waals surface area contributed by atoms with Crippen LogP contribution >= 0.6 is 46.4 Å². The maximum atomic E-state index is 5.70. The monoisotopic (exact) mass is 272 g/mol. The lowest BCUT2D eigenvalue weighted by Crippen LogP contribution is -2.06. The van der Waals surface area contributed by atoms with Crippen LogP contribution in [-0.4, -0.2) is 9.97 Å². The first-order chi connectivity index (χ1) is 6.76. The number of halogens is 4. The number of aromatic nitrogens is 2. The summed E-state index contributed by atoms with van der Waals surface area (Å²) < 4.78 is 0. The fourth-order valence-corrected chi connectivity index (χ4v) is 1.87. The van der Waals surface area contributed by atoms with Crippen LogP contribution in [0.4, 0.5) is 0 Å². The maximum Gasteiger partial charge on any atom is 0.0782 e. The van der Waals surface area contributed by atoms with E-state index in [-0.39, 0.29) is 23.5 Å². The molecular weight excluding hydrogens is 266 g/mol. The molecule has 0 aliphatic carbocycles. The smallest absolute Gasteiger partial charge is 0.0782 e. The molecule has 0 aliphatic rings. The Bertz CT molecular complexity index is 258. The van der Waals surface area contributed by atoms with Crippen LogP contribution in [0.3, 0.4) is 0 Å². The van der Waals surface area contributed by atoms with E-state index in [1.165, 1.54) is 0 Å². The van der Waals surface area contributed by atoms with E-state index in [1.54, 1.807) is 0 Å². The molecule has 1 aromatic rings. The number of hydrogen-bond acceptors (Lipinski definition) is 2. The first kappa shape index (κ1) is 12.3. The average Bonchev–Trinajstić information content (AvgIpc) is 2.26. The topological polar surface area (TPSA) is 25.8 Å². The Morgan fingerprint density at radius 3 is 0.929 bits per heavy atom. The quantitative estimate of drug-likeness (QED) is 0.786. The summed E-state index contributed by atoms with van der Waals surface area (Å²) in [5, 5.41) is 0. The molecule has 0 spiro atoms. The average molecular weight is 274 g/mol. The Morgan fingerprint density at radius 2 is 0.786 bits per heavy atom. The molecular formula is C8H8Cl4N2. The molecule has 0 aromatic carbocycles. The molecule has 0 amide bonds. The zero-order valence-electron chi connectivity index (χ0n) is 7.23. The van der Waals surface area contributed by atoms with Crippen molar-refractivity contribution >= 4 is 46.4 Å². The Balaban J connectivity index is 3.20. The number of rotatable bonds is 4. The van der Waals surface area contributed by atoms with Gasteiger partial charge in [-0.1, -0.05) is 0 Å². The highest BCUT2D eigenvalue weighted by molar-refractivity contribution is 6.19. The summed E-state index contributed by atoms with van der Waals surface area (Å²) in [6, 6.07) is 0. The van der Waals surface area contributed by atoms with Crippen molar-refractivity contribution in [3.05, 3.63) is 22.8 Å². The van der Waals surface area contributed by atoms with Crippen LogP contribution in [0.25, 0.3) is 0 Å². The van der Waals surface area contributed by atoms with E-state index >= 15 is 0 Å². The van der Waals surface area contributed by atoms with Crippen molar-refractivity contribution in [2.75, 3.05) is 0 Å². The van der Waals surface area contributed by atoms with Crippen molar-refractivity contribution in [1.29, 1.82) is 0 Å². The number of nitrogens with zero attached hydrogens (tertiary/aromatic N) is 2. The van der Waals surface area contributed by atoms with E-state index < -0.39 is 0 Å². The highest BCUT2D eigenvalue weighted by Gasteiger charge is 2.10. The van der Waals surface area contributed by atoms with E-state index in [0.29, 0.717) is 22.8 Å². The van der Waals surface area contributed by atoms with Crippen LogP contribution in [-0.2, 0) is 23.5 Å². The number of hydrogen-bond donors (Lipinski definition) is 0. The predicted octanol–water partition coefficient (Wildman–Crippen LogP) is 3.43. The molecule has 0 saturated heterocycles. The van der Waals surface area contributed by atoms with E-state index in [1.807, 2.05) is 0 Å². The van der Waals surface area contributed by atoms with Gasteiger partial charge in [0.15, 0.2) is 0 Å². The molecule has 0 radical (unpaired) electrons. The molecule has 0 saturated carbocycles. The van der Waals surface area contributed by atoms with Gasteiger partial charge < -0.3 is 0 Å². The maximum absolute atomic E-state index is 5.70. The lowest BCUT2D eigenvalue weighted by atomic mass is 10.3. The predicted molar refractivity (Wildman–Crippen MR) is 60.3 cm³/mol. The van der Waals surface area contributed by atoms with Crippen molar-refractivity contribution < 1.29 is 0 Å². The van der Waals surface area contributed by atoms with E-state index in [2.05, 4.69) is 9.97 Å². The minimum atomic E-state index is 0.279. The zero-order valence-corrected chi connectivity index (χ0v) is 10.3. The SMILES string of the molecule is ClCc1nc(CCl)c(CCl)nc1CCl. The summed E-state index contributed by atoms with van der Waals surface area (Å²) >= 11 is 22.8. The highest BCUT2D eigenvalue weighted by Crippen LogP contribution is 2.16. The van der Waals surface area contributed by atoms with Crippen molar-refractivity contribution in [2.24, 2.45) is 0 Å². The van der Waals surface area contributed by atoms with Crippen molar-refractivity contribution in [3.63, 3.8) is 0 Å². The first-order valence-corrected chi connectivity index (χ1v) is 6.02. The molecule has 0 atom stereocenters. The molecule has 0 aliphatic heterocycles. The molecule has 0 N–H and O–H groups in total. The Labute approximate surface area is 103 Å². The number of alkyl halides is 4. The third-order valence-corrected chi connectivity index (χ3v) is 2.72. The second-order valence-corrected chi connectivity index (χ2v) is 3.61. The van der Waals surface area contributed by atoms with Crippen LogP contribution in [0.5, 0.6) is 0 Å². The standard InChI is InChI=1S/C8H8Cl4N2/c9-1-5-6(2-10)14-8(4-12)7(3-11)13-5/h1-4H2. The van der Waals surface area contributed by atoms with Gasteiger partial charge in [0.2, 0.25) is 0 Å². The second kappa shape index (κ2) is 5.96. The summed E-state index contributed by atoms with van der Waals surface area (Å²) in [6.07, 6.45) is 0. The Hall–Kier alpha value is 0.240. The molecule has 0 bridgehead atoms. The van der Waals surface area contributed by atoms with Crippen molar-refractivity contribution in [1.82, 2.24) is 9.97 Å². The van der Waals surface area contributed by atoms with Crippen LogP contribution < -0.4 is 0 Å². The van der Waals surface area contributed by atoms with E-state index in [4.69, 9.17) is 46.4 Å². The normalized spacial score (nSPS) is 10.6. The van der Waals surface area contributed by atoms with Crippen molar-refractivity contribution in [3.8, 4) is 0 Å². The molecule has 1 aromatic heterocycles. The Morgan fingerprint density at radius 1 is 0.571 bits per heavy atom. The largest absolute Gasteiger partial charge is 0.251 e. The molecule has 6 heteroatoms. The lowest BCUT2D eigenvalue weighted by molar-refractivity contribution is 0.921. The molecule has 2 nitrogen and oxygen atoms in total. The van der Waals surface area contributed by atoms with Gasteiger partial charge in [-0.05, 0) is 0 Å². The van der Waals surface area contributed by atoms with Gasteiger partial charge in [0, 0.05) is 0 Å². The minimum absolute atomic E-state index is 0.279. The first-order valence-electron chi connectivity index (χ1n) is 3.88. The van der Waals surface area contributed by atoms with Gasteiger partial charge in [0.1, 0.15) is 0 Å². The fraction of sp³-hybridized carbons (Fsp3) is 0.500. The third kappa shape index (κ3) is 2.63. The lowest BCUT2D eigenvalue weighted by Gasteiger charge is -2.08. The molecule has 1 rings (SSSR count). The van der Waals surface area contributed by atoms with Gasteiger partial charge in [-0.2, -0.15) is 0 Å². The summed E-state index contributed by atoms with van der Waals surface area (Å²) in [5.74, 6) is 1.12. The summed E-state index contributed by atoms with van der Waals surface area (Å²) in [6.45, 7) is 0. The summed E-state index contributed by atoms with van der Waals surface area (Å²) in [4.78, 5) is 8.51. The fourth-order valence-electron chi connectivity index (χ4n) is 1.01. The van der Waals surface area contributed by atoms with E-state index in [9.17, 15) is 0 Å². The van der Waals surface area contributed by atoms with Crippen LogP contribution in [0.15, 0.2) is 0 Å². The van der Waals surface area contributed by atoms with Gasteiger partial charge in [-0.3, -0.25) is 9.97 Å². The van der Waals surface area contributed by atoms with Gasteiger partial charge in [-0.15, -0.1) is 46.4 Å². The van der Waals surface area contributed by atoms with Gasteiger partial charge in [-0.25, -0.2) is 0 Å². The molecule has 1 heterocycles. The van der Waals surface area contributed by atoms with Gasteiger partial charge in [0.25, 0.3) is 0 Å². The minimum Gasteiger partial charge on any atom is -0.251 e. The van der Waals surface area contributed by atoms with Crippen LogP contribution in [0.1, 0.15) is 22.8 Å². The van der Waals surface area contributed by atoms with Gasteiger partial charge >= 0.3 is 0 Å². The van der Waals surface area contributed by atoms with Crippen molar-refractivity contribution in [2.45, 2.75) is 23.5 Å². The zero-order chi connectivity index (χ0) is 10.6. The molecule has 0 unspecified atom stereocenters. The summed E-state index contributed by atoms with van der Waals surface area (Å²) in [5.41, 5.74) is 2.69. The van der Waals surface area contributed by atoms with Crippen LogP contribution in [0, 0.1) is 0 Å². The van der Waals surface area contributed by atoms with E-state index in [0.717, 1.165) is 0 Å². The van der Waals surface area contributed by atoms with Crippen LogP contribution in [0.2, 0.25) is 0 Å². The Kier molecular flexibility index (Phi) is 5.24. The van der Waals surface area contributed by atoms with Gasteiger partial charge in [0.05, 0.1) is 46.3 Å².